The van der Waals surface area contributed by atoms with Crippen LogP contribution in [0.5, 0.6) is 5.88 Å². The third-order valence-corrected chi connectivity index (χ3v) is 1.80. The lowest BCUT2D eigenvalue weighted by Crippen LogP contribution is -2.05. The van der Waals surface area contributed by atoms with E-state index in [9.17, 15) is 0 Å². The number of anilines is 1. The predicted molar refractivity (Wildman–Crippen MR) is 52.1 cm³/mol. The van der Waals surface area contributed by atoms with E-state index >= 15 is 0 Å². The Labute approximate surface area is 78.4 Å². The monoisotopic (exact) mass is 181 g/mol. The molecule has 0 saturated carbocycles. The van der Waals surface area contributed by atoms with E-state index in [2.05, 4.69) is 22.2 Å². The van der Waals surface area contributed by atoms with Crippen LogP contribution in [0.4, 0.5) is 5.82 Å². The zero-order valence-electron chi connectivity index (χ0n) is 8.29. The van der Waals surface area contributed by atoms with Crippen molar-refractivity contribution in [3.05, 3.63) is 11.9 Å². The molecule has 0 fully saturated rings. The van der Waals surface area contributed by atoms with E-state index in [1.54, 1.807) is 7.11 Å². The van der Waals surface area contributed by atoms with Crippen molar-refractivity contribution in [3.8, 4) is 5.88 Å². The molecule has 0 spiro atoms. The van der Waals surface area contributed by atoms with Crippen LogP contribution in [-0.4, -0.2) is 23.6 Å². The average molecular weight is 181 g/mol. The molecule has 0 aromatic carbocycles. The summed E-state index contributed by atoms with van der Waals surface area (Å²) in [5, 5.41) is 3.17. The first kappa shape index (κ1) is 9.77. The molecule has 1 aromatic rings. The highest BCUT2D eigenvalue weighted by Gasteiger charge is 2.08. The van der Waals surface area contributed by atoms with Gasteiger partial charge in [-0.2, -0.15) is 0 Å². The molecule has 0 aliphatic carbocycles. The summed E-state index contributed by atoms with van der Waals surface area (Å²) in [4.78, 5) is 8.18. The minimum absolute atomic E-state index is 0.661. The van der Waals surface area contributed by atoms with Crippen LogP contribution in [0.15, 0.2) is 6.33 Å². The Kier molecular flexibility index (Phi) is 3.49. The van der Waals surface area contributed by atoms with Crippen LogP contribution in [0.2, 0.25) is 0 Å². The fraction of sp³-hybridized carbons (Fsp3) is 0.556. The van der Waals surface area contributed by atoms with Gasteiger partial charge >= 0.3 is 0 Å². The van der Waals surface area contributed by atoms with E-state index in [0.717, 1.165) is 24.3 Å². The molecule has 1 N–H and O–H groups in total. The van der Waals surface area contributed by atoms with Crippen LogP contribution in [0.25, 0.3) is 0 Å². The van der Waals surface area contributed by atoms with Gasteiger partial charge in [-0.05, 0) is 13.3 Å². The Morgan fingerprint density at radius 2 is 2.15 bits per heavy atom. The molecule has 0 bridgehead atoms. The van der Waals surface area contributed by atoms with Gasteiger partial charge in [0.05, 0.1) is 12.7 Å². The quantitative estimate of drug-likeness (QED) is 0.764. The summed E-state index contributed by atoms with van der Waals surface area (Å²) in [5.74, 6) is 1.53. The van der Waals surface area contributed by atoms with Crippen LogP contribution in [0, 0.1) is 0 Å². The molecule has 0 radical (unpaired) electrons. The molecular weight excluding hydrogens is 166 g/mol. The zero-order chi connectivity index (χ0) is 9.68. The van der Waals surface area contributed by atoms with Crippen LogP contribution in [0.1, 0.15) is 19.4 Å². The van der Waals surface area contributed by atoms with Crippen LogP contribution >= 0.6 is 0 Å². The lowest BCUT2D eigenvalue weighted by molar-refractivity contribution is 0.392. The summed E-state index contributed by atoms with van der Waals surface area (Å²) < 4.78 is 5.13. The summed E-state index contributed by atoms with van der Waals surface area (Å²) in [6.07, 6.45) is 2.38. The van der Waals surface area contributed by atoms with Gasteiger partial charge in [-0.3, -0.25) is 0 Å². The SMILES string of the molecule is CCNc1ncnc(OC)c1CC. The largest absolute Gasteiger partial charge is 0.481 e. The maximum atomic E-state index is 5.13. The van der Waals surface area contributed by atoms with Gasteiger partial charge in [-0.1, -0.05) is 6.92 Å². The highest BCUT2D eigenvalue weighted by Crippen LogP contribution is 2.21. The van der Waals surface area contributed by atoms with Gasteiger partial charge < -0.3 is 10.1 Å². The number of ether oxygens (including phenoxy) is 1. The number of nitrogens with zero attached hydrogens (tertiary/aromatic N) is 2. The minimum Gasteiger partial charge on any atom is -0.481 e. The molecule has 0 amide bonds. The zero-order valence-corrected chi connectivity index (χ0v) is 8.29. The summed E-state index contributed by atoms with van der Waals surface area (Å²) in [6, 6.07) is 0. The summed E-state index contributed by atoms with van der Waals surface area (Å²) in [6.45, 7) is 4.95. The summed E-state index contributed by atoms with van der Waals surface area (Å²) in [7, 11) is 1.62. The Hall–Kier alpha value is -1.32. The van der Waals surface area contributed by atoms with Crippen molar-refractivity contribution in [2.45, 2.75) is 20.3 Å². The van der Waals surface area contributed by atoms with Crippen molar-refractivity contribution in [3.63, 3.8) is 0 Å². The molecule has 0 atom stereocenters. The van der Waals surface area contributed by atoms with E-state index in [1.165, 1.54) is 6.33 Å². The molecule has 0 unspecified atom stereocenters. The Balaban J connectivity index is 3.03. The fourth-order valence-electron chi connectivity index (χ4n) is 1.21. The van der Waals surface area contributed by atoms with E-state index in [4.69, 9.17) is 4.74 Å². The van der Waals surface area contributed by atoms with Crippen LogP contribution in [-0.2, 0) is 6.42 Å². The Morgan fingerprint density at radius 3 is 2.69 bits per heavy atom. The normalized spacial score (nSPS) is 9.77. The standard InChI is InChI=1S/C9H15N3O/c1-4-7-8(10-5-2)11-6-12-9(7)13-3/h6H,4-5H2,1-3H3,(H,10,11,12). The summed E-state index contributed by atoms with van der Waals surface area (Å²) >= 11 is 0. The first-order chi connectivity index (χ1) is 6.33. The maximum absolute atomic E-state index is 5.13. The van der Waals surface area contributed by atoms with Crippen molar-refractivity contribution >= 4 is 5.82 Å². The number of hydrogen-bond donors (Lipinski definition) is 1. The molecule has 13 heavy (non-hydrogen) atoms. The minimum atomic E-state index is 0.661. The van der Waals surface area contributed by atoms with E-state index in [0.29, 0.717) is 5.88 Å². The molecular formula is C9H15N3O. The topological polar surface area (TPSA) is 47.0 Å². The van der Waals surface area contributed by atoms with Gasteiger partial charge in [0.15, 0.2) is 0 Å². The van der Waals surface area contributed by atoms with Gasteiger partial charge in [0.25, 0.3) is 0 Å². The molecule has 4 heteroatoms. The maximum Gasteiger partial charge on any atom is 0.221 e. The van der Waals surface area contributed by atoms with Gasteiger partial charge in [-0.15, -0.1) is 0 Å². The predicted octanol–water partition coefficient (Wildman–Crippen LogP) is 1.48. The highest BCUT2D eigenvalue weighted by molar-refractivity contribution is 5.48. The van der Waals surface area contributed by atoms with Crippen LogP contribution in [0.3, 0.4) is 0 Å². The molecule has 1 heterocycles. The smallest absolute Gasteiger partial charge is 0.221 e. The lowest BCUT2D eigenvalue weighted by Gasteiger charge is -2.10. The van der Waals surface area contributed by atoms with E-state index < -0.39 is 0 Å². The van der Waals surface area contributed by atoms with Crippen LogP contribution < -0.4 is 10.1 Å². The second-order valence-electron chi connectivity index (χ2n) is 2.59. The first-order valence-electron chi connectivity index (χ1n) is 4.45. The molecule has 0 aliphatic rings. The number of methoxy groups -OCH3 is 1. The second kappa shape index (κ2) is 4.64. The van der Waals surface area contributed by atoms with Crippen molar-refractivity contribution in [2.24, 2.45) is 0 Å². The van der Waals surface area contributed by atoms with Gasteiger partial charge in [0.2, 0.25) is 5.88 Å². The van der Waals surface area contributed by atoms with Crippen molar-refractivity contribution in [1.29, 1.82) is 0 Å². The van der Waals surface area contributed by atoms with Gasteiger partial charge in [0.1, 0.15) is 12.1 Å². The molecule has 1 rings (SSSR count). The lowest BCUT2D eigenvalue weighted by atomic mass is 10.2. The third-order valence-electron chi connectivity index (χ3n) is 1.80. The number of rotatable bonds is 4. The Bertz CT molecular complexity index is 276. The summed E-state index contributed by atoms with van der Waals surface area (Å²) in [5.41, 5.74) is 1.03. The molecule has 4 nitrogen and oxygen atoms in total. The molecule has 1 aromatic heterocycles. The third kappa shape index (κ3) is 2.08. The van der Waals surface area contributed by atoms with E-state index in [-0.39, 0.29) is 0 Å². The van der Waals surface area contributed by atoms with Crippen molar-refractivity contribution < 1.29 is 4.74 Å². The number of aromatic nitrogens is 2. The molecule has 72 valence electrons. The van der Waals surface area contributed by atoms with Gasteiger partial charge in [-0.25, -0.2) is 9.97 Å². The average Bonchev–Trinajstić information content (AvgIpc) is 2.18. The second-order valence-corrected chi connectivity index (χ2v) is 2.59. The molecule has 0 aliphatic heterocycles. The highest BCUT2D eigenvalue weighted by atomic mass is 16.5. The first-order valence-corrected chi connectivity index (χ1v) is 4.45. The van der Waals surface area contributed by atoms with Crippen molar-refractivity contribution in [2.75, 3.05) is 19.0 Å². The fourth-order valence-corrected chi connectivity index (χ4v) is 1.21. The molecule has 0 saturated heterocycles. The van der Waals surface area contributed by atoms with Gasteiger partial charge in [0, 0.05) is 6.54 Å². The van der Waals surface area contributed by atoms with E-state index in [1.807, 2.05) is 6.92 Å². The number of nitrogens with one attached hydrogen (secondary N) is 1. The number of hydrogen-bond acceptors (Lipinski definition) is 4. The Morgan fingerprint density at radius 1 is 1.38 bits per heavy atom. The van der Waals surface area contributed by atoms with Crippen molar-refractivity contribution in [1.82, 2.24) is 9.97 Å².